The second-order valence-electron chi connectivity index (χ2n) is 6.55. The van der Waals surface area contributed by atoms with Crippen LogP contribution in [0, 0.1) is 0 Å². The Morgan fingerprint density at radius 3 is 2.13 bits per heavy atom. The van der Waals surface area contributed by atoms with Crippen molar-refractivity contribution < 1.29 is 34.2 Å². The van der Waals surface area contributed by atoms with Crippen molar-refractivity contribution in [3.8, 4) is 5.75 Å². The number of nitrogens with one attached hydrogen (secondary N) is 3. The lowest BCUT2D eigenvalue weighted by molar-refractivity contribution is -0.138. The quantitative estimate of drug-likeness (QED) is 0.199. The molecule has 0 saturated heterocycles. The maximum absolute atomic E-state index is 12.4. The van der Waals surface area contributed by atoms with E-state index in [2.05, 4.69) is 16.0 Å². The molecule has 0 spiro atoms. The molecule has 0 aromatic heterocycles. The van der Waals surface area contributed by atoms with E-state index in [1.165, 1.54) is 19.1 Å². The molecule has 0 aliphatic rings. The van der Waals surface area contributed by atoms with Crippen LogP contribution in [0.3, 0.4) is 0 Å². The highest BCUT2D eigenvalue weighted by Gasteiger charge is 2.27. The van der Waals surface area contributed by atoms with Crippen LogP contribution in [-0.4, -0.2) is 64.5 Å². The number of carbonyl (C=O) groups excluding carboxylic acids is 4. The van der Waals surface area contributed by atoms with E-state index in [0.717, 1.165) is 0 Å². The van der Waals surface area contributed by atoms with E-state index in [0.29, 0.717) is 5.56 Å². The van der Waals surface area contributed by atoms with Gasteiger partial charge in [0.05, 0.1) is 12.5 Å². The van der Waals surface area contributed by atoms with Gasteiger partial charge in [-0.3, -0.25) is 24.0 Å². The molecule has 4 amide bonds. The molecular formula is C18H25N5O7. The lowest BCUT2D eigenvalue weighted by Crippen LogP contribution is -2.56. The smallest absolute Gasteiger partial charge is 0.322 e. The Morgan fingerprint density at radius 1 is 1.00 bits per heavy atom. The van der Waals surface area contributed by atoms with Gasteiger partial charge < -0.3 is 37.6 Å². The number of benzene rings is 1. The van der Waals surface area contributed by atoms with Gasteiger partial charge in [-0.05, 0) is 31.0 Å². The number of aromatic hydroxyl groups is 1. The lowest BCUT2D eigenvalue weighted by atomic mass is 10.0. The summed E-state index contributed by atoms with van der Waals surface area (Å²) in [7, 11) is 0. The van der Waals surface area contributed by atoms with Crippen LogP contribution in [0.15, 0.2) is 24.3 Å². The minimum atomic E-state index is -1.38. The Hall–Kier alpha value is -3.67. The summed E-state index contributed by atoms with van der Waals surface area (Å²) in [5.74, 6) is -4.44. The zero-order valence-electron chi connectivity index (χ0n) is 16.3. The molecule has 0 bridgehead atoms. The van der Waals surface area contributed by atoms with E-state index in [1.54, 1.807) is 12.1 Å². The molecule has 30 heavy (non-hydrogen) atoms. The zero-order chi connectivity index (χ0) is 22.8. The number of carboxylic acid groups (broad SMARTS) is 1. The summed E-state index contributed by atoms with van der Waals surface area (Å²) < 4.78 is 0. The monoisotopic (exact) mass is 423 g/mol. The highest BCUT2D eigenvalue weighted by molar-refractivity contribution is 5.95. The van der Waals surface area contributed by atoms with Gasteiger partial charge in [0.1, 0.15) is 24.4 Å². The highest BCUT2D eigenvalue weighted by Crippen LogP contribution is 2.11. The number of carboxylic acids is 1. The van der Waals surface area contributed by atoms with E-state index in [-0.39, 0.29) is 12.2 Å². The summed E-state index contributed by atoms with van der Waals surface area (Å²) in [6.45, 7) is 0.668. The molecule has 12 nitrogen and oxygen atoms in total. The number of carbonyl (C=O) groups is 5. The van der Waals surface area contributed by atoms with Crippen LogP contribution in [0.1, 0.15) is 18.9 Å². The Bertz CT molecular complexity index is 797. The molecule has 0 aliphatic heterocycles. The van der Waals surface area contributed by atoms with E-state index in [1.807, 2.05) is 0 Å². The number of amides is 4. The summed E-state index contributed by atoms with van der Waals surface area (Å²) in [6, 6.07) is 2.45. The second-order valence-corrected chi connectivity index (χ2v) is 6.55. The number of primary amides is 1. The van der Waals surface area contributed by atoms with Crippen molar-refractivity contribution in [2.24, 2.45) is 11.5 Å². The predicted octanol–water partition coefficient (Wildman–Crippen LogP) is -2.67. The highest BCUT2D eigenvalue weighted by atomic mass is 16.4. The van der Waals surface area contributed by atoms with Gasteiger partial charge in [-0.2, -0.15) is 0 Å². The van der Waals surface area contributed by atoms with Crippen molar-refractivity contribution in [3.05, 3.63) is 29.8 Å². The van der Waals surface area contributed by atoms with Gasteiger partial charge >= 0.3 is 5.97 Å². The maximum Gasteiger partial charge on any atom is 0.322 e. The first-order valence-corrected chi connectivity index (χ1v) is 8.91. The minimum Gasteiger partial charge on any atom is -0.508 e. The normalized spacial score (nSPS) is 13.4. The SMILES string of the molecule is CC(NC(=O)C(CC(N)=O)NC(=O)C(N)Cc1ccc(O)cc1)C(=O)NCC(=O)O. The molecule has 12 heteroatoms. The number of rotatable bonds is 11. The molecule has 0 saturated carbocycles. The van der Waals surface area contributed by atoms with Gasteiger partial charge in [0, 0.05) is 0 Å². The number of phenols is 1. The van der Waals surface area contributed by atoms with E-state index in [9.17, 15) is 29.1 Å². The molecule has 0 fully saturated rings. The summed E-state index contributed by atoms with van der Waals surface area (Å²) in [6.07, 6.45) is -0.433. The molecule has 1 aromatic carbocycles. The van der Waals surface area contributed by atoms with E-state index >= 15 is 0 Å². The van der Waals surface area contributed by atoms with Gasteiger partial charge in [-0.15, -0.1) is 0 Å². The topological polar surface area (TPSA) is 214 Å². The van der Waals surface area contributed by atoms with Crippen molar-refractivity contribution in [2.45, 2.75) is 37.9 Å². The summed E-state index contributed by atoms with van der Waals surface area (Å²) in [5.41, 5.74) is 11.6. The van der Waals surface area contributed by atoms with E-state index < -0.39 is 60.7 Å². The molecule has 0 heterocycles. The summed E-state index contributed by atoms with van der Waals surface area (Å²) >= 11 is 0. The van der Waals surface area contributed by atoms with Gasteiger partial charge in [-0.1, -0.05) is 12.1 Å². The van der Waals surface area contributed by atoms with Crippen molar-refractivity contribution in [1.29, 1.82) is 0 Å². The van der Waals surface area contributed by atoms with Crippen molar-refractivity contribution in [1.82, 2.24) is 16.0 Å². The Morgan fingerprint density at radius 2 is 1.60 bits per heavy atom. The van der Waals surface area contributed by atoms with Crippen LogP contribution in [0.4, 0.5) is 0 Å². The average molecular weight is 423 g/mol. The van der Waals surface area contributed by atoms with Crippen LogP contribution >= 0.6 is 0 Å². The third kappa shape index (κ3) is 8.56. The van der Waals surface area contributed by atoms with Crippen molar-refractivity contribution >= 4 is 29.6 Å². The molecule has 3 unspecified atom stereocenters. The van der Waals surface area contributed by atoms with Crippen LogP contribution in [-0.2, 0) is 30.4 Å². The molecular weight excluding hydrogens is 398 g/mol. The first-order chi connectivity index (χ1) is 14.0. The van der Waals surface area contributed by atoms with Gasteiger partial charge in [-0.25, -0.2) is 0 Å². The fourth-order valence-electron chi connectivity index (χ4n) is 2.36. The van der Waals surface area contributed by atoms with Gasteiger partial charge in [0.15, 0.2) is 0 Å². The fraction of sp³-hybridized carbons (Fsp3) is 0.389. The molecule has 164 valence electrons. The van der Waals surface area contributed by atoms with Gasteiger partial charge in [0.25, 0.3) is 0 Å². The number of hydrogen-bond acceptors (Lipinski definition) is 7. The van der Waals surface area contributed by atoms with Gasteiger partial charge in [0.2, 0.25) is 23.6 Å². The molecule has 1 aromatic rings. The largest absolute Gasteiger partial charge is 0.508 e. The third-order valence-electron chi connectivity index (χ3n) is 3.93. The number of nitrogens with two attached hydrogens (primary N) is 2. The Balaban J connectivity index is 2.72. The number of phenolic OH excluding ortho intramolecular Hbond substituents is 1. The number of aliphatic carboxylic acids is 1. The van der Waals surface area contributed by atoms with E-state index in [4.69, 9.17) is 16.6 Å². The molecule has 9 N–H and O–H groups in total. The van der Waals surface area contributed by atoms with Crippen LogP contribution < -0.4 is 27.4 Å². The molecule has 1 rings (SSSR count). The summed E-state index contributed by atoms with van der Waals surface area (Å²) in [4.78, 5) is 58.3. The van der Waals surface area contributed by atoms with Crippen LogP contribution in [0.25, 0.3) is 0 Å². The Kier molecular flexibility index (Phi) is 9.23. The van der Waals surface area contributed by atoms with Crippen molar-refractivity contribution in [3.63, 3.8) is 0 Å². The zero-order valence-corrected chi connectivity index (χ0v) is 16.3. The maximum atomic E-state index is 12.4. The first-order valence-electron chi connectivity index (χ1n) is 8.91. The molecule has 3 atom stereocenters. The predicted molar refractivity (Wildman–Crippen MR) is 104 cm³/mol. The fourth-order valence-corrected chi connectivity index (χ4v) is 2.36. The average Bonchev–Trinajstić information content (AvgIpc) is 2.66. The first kappa shape index (κ1) is 24.4. The molecule has 0 radical (unpaired) electrons. The molecule has 0 aliphatic carbocycles. The summed E-state index contributed by atoms with van der Waals surface area (Å²) in [5, 5.41) is 24.5. The second kappa shape index (κ2) is 11.4. The number of hydrogen-bond donors (Lipinski definition) is 7. The standard InChI is InChI=1S/C18H25N5O7/c1-9(16(28)21-8-15(26)27)22-18(30)13(7-14(20)25)23-17(29)12(19)6-10-2-4-11(24)5-3-10/h2-5,9,12-13,24H,6-8,19H2,1H3,(H2,20,25)(H,21,28)(H,22,30)(H,23,29)(H,26,27). The Labute approximate surface area is 172 Å². The minimum absolute atomic E-state index is 0.0523. The third-order valence-corrected chi connectivity index (χ3v) is 3.93. The van der Waals surface area contributed by atoms with Crippen molar-refractivity contribution in [2.75, 3.05) is 6.54 Å². The van der Waals surface area contributed by atoms with Crippen LogP contribution in [0.5, 0.6) is 5.75 Å². The lowest BCUT2D eigenvalue weighted by Gasteiger charge is -2.22. The van der Waals surface area contributed by atoms with Crippen LogP contribution in [0.2, 0.25) is 0 Å².